The van der Waals surface area contributed by atoms with Crippen LogP contribution in [-0.4, -0.2) is 43.4 Å². The fraction of sp³-hybridized carbons (Fsp3) is 0.350. The van der Waals surface area contributed by atoms with Gasteiger partial charge in [0.1, 0.15) is 0 Å². The Morgan fingerprint density at radius 2 is 1.81 bits per heavy atom. The molecule has 1 aliphatic rings. The van der Waals surface area contributed by atoms with Crippen LogP contribution in [0.5, 0.6) is 0 Å². The summed E-state index contributed by atoms with van der Waals surface area (Å²) in [4.78, 5) is 13.4. The van der Waals surface area contributed by atoms with Gasteiger partial charge in [-0.1, -0.05) is 42.5 Å². The number of nitrogens with one attached hydrogen (secondary N) is 1. The molecule has 4 nitrogen and oxygen atoms in total. The van der Waals surface area contributed by atoms with Crippen molar-refractivity contribution >= 4 is 39.3 Å². The number of sulfone groups is 1. The number of thioether (sulfide) groups is 2. The molecule has 27 heavy (non-hydrogen) atoms. The van der Waals surface area contributed by atoms with Gasteiger partial charge < -0.3 is 5.32 Å². The molecule has 1 fully saturated rings. The summed E-state index contributed by atoms with van der Waals surface area (Å²) >= 11 is 3.29. The van der Waals surface area contributed by atoms with E-state index in [2.05, 4.69) is 17.4 Å². The van der Waals surface area contributed by atoms with E-state index in [1.54, 1.807) is 17.8 Å². The van der Waals surface area contributed by atoms with E-state index >= 15 is 0 Å². The van der Waals surface area contributed by atoms with Gasteiger partial charge in [-0.2, -0.15) is 11.8 Å². The van der Waals surface area contributed by atoms with Crippen molar-refractivity contribution in [3.05, 3.63) is 65.7 Å². The molecule has 0 spiro atoms. The number of benzene rings is 2. The van der Waals surface area contributed by atoms with Crippen molar-refractivity contribution in [1.29, 1.82) is 0 Å². The molecule has 1 aliphatic heterocycles. The normalized spacial score (nSPS) is 18.3. The first-order valence-corrected chi connectivity index (χ1v) is 12.7. The van der Waals surface area contributed by atoms with Gasteiger partial charge in [-0.3, -0.25) is 4.79 Å². The zero-order chi connectivity index (χ0) is 19.1. The van der Waals surface area contributed by atoms with Crippen molar-refractivity contribution in [2.75, 3.05) is 23.8 Å². The summed E-state index contributed by atoms with van der Waals surface area (Å²) in [5.41, 5.74) is 1.90. The lowest BCUT2D eigenvalue weighted by molar-refractivity contribution is 0.0953. The summed E-state index contributed by atoms with van der Waals surface area (Å²) in [5.74, 6) is 2.12. The molecule has 144 valence electrons. The molecule has 1 heterocycles. The van der Waals surface area contributed by atoms with Crippen molar-refractivity contribution in [1.82, 2.24) is 5.32 Å². The van der Waals surface area contributed by atoms with Gasteiger partial charge in [0.05, 0.1) is 17.1 Å². The Morgan fingerprint density at radius 1 is 1.07 bits per heavy atom. The molecule has 0 saturated carbocycles. The van der Waals surface area contributed by atoms with Crippen LogP contribution in [0.4, 0.5) is 0 Å². The number of carbonyl (C=O) groups is 1. The lowest BCUT2D eigenvalue weighted by Gasteiger charge is -2.12. The molecule has 2 aromatic rings. The highest BCUT2D eigenvalue weighted by molar-refractivity contribution is 8.02. The highest BCUT2D eigenvalue weighted by Gasteiger charge is 2.29. The Bertz CT molecular complexity index is 869. The van der Waals surface area contributed by atoms with Crippen LogP contribution in [-0.2, 0) is 15.6 Å². The van der Waals surface area contributed by atoms with E-state index in [9.17, 15) is 13.2 Å². The SMILES string of the molecule is O=C(NCCSCc1ccccc1)c1ccccc1S[C@H]1CCS(=O)(=O)C1. The van der Waals surface area contributed by atoms with Crippen LogP contribution in [0.1, 0.15) is 22.3 Å². The summed E-state index contributed by atoms with van der Waals surface area (Å²) in [5, 5.41) is 3.01. The maximum absolute atomic E-state index is 12.5. The smallest absolute Gasteiger partial charge is 0.252 e. The first-order chi connectivity index (χ1) is 13.0. The van der Waals surface area contributed by atoms with E-state index in [0.29, 0.717) is 18.5 Å². The van der Waals surface area contributed by atoms with Gasteiger partial charge in [-0.25, -0.2) is 8.42 Å². The quantitative estimate of drug-likeness (QED) is 0.660. The van der Waals surface area contributed by atoms with Crippen LogP contribution in [0.25, 0.3) is 0 Å². The number of hydrogen-bond donors (Lipinski definition) is 1. The van der Waals surface area contributed by atoms with Gasteiger partial charge in [0.2, 0.25) is 0 Å². The average Bonchev–Trinajstić information content (AvgIpc) is 3.01. The molecular formula is C20H23NO3S3. The van der Waals surface area contributed by atoms with Gasteiger partial charge in [-0.05, 0) is 24.1 Å². The minimum absolute atomic E-state index is 0.0328. The van der Waals surface area contributed by atoms with Crippen molar-refractivity contribution in [2.45, 2.75) is 22.3 Å². The first kappa shape index (κ1) is 20.3. The fourth-order valence-corrected chi connectivity index (χ4v) is 7.33. The largest absolute Gasteiger partial charge is 0.351 e. The Kier molecular flexibility index (Phi) is 7.26. The predicted molar refractivity (Wildman–Crippen MR) is 114 cm³/mol. The second-order valence-corrected chi connectivity index (χ2v) is 11.1. The summed E-state index contributed by atoms with van der Waals surface area (Å²) in [6, 6.07) is 17.7. The summed E-state index contributed by atoms with van der Waals surface area (Å²) in [6.07, 6.45) is 0.652. The minimum atomic E-state index is -2.92. The molecular weight excluding hydrogens is 398 g/mol. The predicted octanol–water partition coefficient (Wildman–Crippen LogP) is 3.63. The highest BCUT2D eigenvalue weighted by Crippen LogP contribution is 2.33. The maximum atomic E-state index is 12.5. The lowest BCUT2D eigenvalue weighted by Crippen LogP contribution is -2.26. The van der Waals surface area contributed by atoms with Crippen LogP contribution < -0.4 is 5.32 Å². The Morgan fingerprint density at radius 3 is 2.56 bits per heavy atom. The molecule has 0 unspecified atom stereocenters. The second-order valence-electron chi connectivity index (χ2n) is 6.43. The topological polar surface area (TPSA) is 63.2 Å². The molecule has 0 aromatic heterocycles. The third-order valence-electron chi connectivity index (χ3n) is 4.26. The van der Waals surface area contributed by atoms with E-state index in [0.717, 1.165) is 16.4 Å². The lowest BCUT2D eigenvalue weighted by atomic mass is 10.2. The molecule has 7 heteroatoms. The molecule has 0 bridgehead atoms. The molecule has 0 aliphatic carbocycles. The van der Waals surface area contributed by atoms with Crippen LogP contribution in [0.3, 0.4) is 0 Å². The van der Waals surface area contributed by atoms with E-state index in [4.69, 9.17) is 0 Å². The Hall–Kier alpha value is -1.44. The third-order valence-corrected chi connectivity index (χ3v) is 8.61. The minimum Gasteiger partial charge on any atom is -0.351 e. The number of amides is 1. The molecule has 0 radical (unpaired) electrons. The van der Waals surface area contributed by atoms with Gasteiger partial charge in [-0.15, -0.1) is 11.8 Å². The number of carbonyl (C=O) groups excluding carboxylic acids is 1. The monoisotopic (exact) mass is 421 g/mol. The Labute approximate surface area is 169 Å². The van der Waals surface area contributed by atoms with Gasteiger partial charge in [0.25, 0.3) is 5.91 Å². The van der Waals surface area contributed by atoms with Crippen molar-refractivity contribution in [3.63, 3.8) is 0 Å². The van der Waals surface area contributed by atoms with E-state index in [-0.39, 0.29) is 22.7 Å². The Balaban J connectivity index is 1.48. The fourth-order valence-electron chi connectivity index (χ4n) is 2.89. The van der Waals surface area contributed by atoms with Crippen LogP contribution in [0, 0.1) is 0 Å². The van der Waals surface area contributed by atoms with Crippen molar-refractivity contribution < 1.29 is 13.2 Å². The van der Waals surface area contributed by atoms with E-state index in [1.165, 1.54) is 17.3 Å². The van der Waals surface area contributed by atoms with Crippen LogP contribution in [0.2, 0.25) is 0 Å². The van der Waals surface area contributed by atoms with Crippen LogP contribution >= 0.6 is 23.5 Å². The molecule has 1 N–H and O–H groups in total. The van der Waals surface area contributed by atoms with Gasteiger partial charge in [0, 0.05) is 28.2 Å². The van der Waals surface area contributed by atoms with Crippen LogP contribution in [0.15, 0.2) is 59.5 Å². The summed E-state index contributed by atoms with van der Waals surface area (Å²) in [7, 11) is -2.92. The molecule has 2 aromatic carbocycles. The molecule has 1 saturated heterocycles. The molecule has 1 amide bonds. The first-order valence-electron chi connectivity index (χ1n) is 8.89. The van der Waals surface area contributed by atoms with E-state index < -0.39 is 9.84 Å². The van der Waals surface area contributed by atoms with Gasteiger partial charge in [0.15, 0.2) is 9.84 Å². The van der Waals surface area contributed by atoms with Crippen molar-refractivity contribution in [3.8, 4) is 0 Å². The van der Waals surface area contributed by atoms with E-state index in [1.807, 2.05) is 36.4 Å². The maximum Gasteiger partial charge on any atom is 0.252 e. The third kappa shape index (κ3) is 6.30. The van der Waals surface area contributed by atoms with Gasteiger partial charge >= 0.3 is 0 Å². The molecule has 3 rings (SSSR count). The average molecular weight is 422 g/mol. The van der Waals surface area contributed by atoms with Crippen molar-refractivity contribution in [2.24, 2.45) is 0 Å². The number of rotatable bonds is 8. The standard InChI is InChI=1S/C20H23NO3S3/c22-20(21-11-12-25-14-16-6-2-1-3-7-16)18-8-4-5-9-19(18)26-17-10-13-27(23,24)15-17/h1-9,17H,10-15H2,(H,21,22)/t17-/m0/s1. The summed E-state index contributed by atoms with van der Waals surface area (Å²) < 4.78 is 23.3. The highest BCUT2D eigenvalue weighted by atomic mass is 32.2. The second kappa shape index (κ2) is 9.66. The number of hydrogen-bond acceptors (Lipinski definition) is 5. The zero-order valence-corrected chi connectivity index (χ0v) is 17.4. The molecule has 1 atom stereocenters. The zero-order valence-electron chi connectivity index (χ0n) is 15.0. The summed E-state index contributed by atoms with van der Waals surface area (Å²) in [6.45, 7) is 0.604.